The number of sulfonamides is 1. The maximum absolute atomic E-state index is 13.4. The van der Waals surface area contributed by atoms with Crippen molar-refractivity contribution in [3.8, 4) is 0 Å². The molecule has 0 aliphatic heterocycles. The molecule has 1 atom stereocenters. The molecule has 1 N–H and O–H groups in total. The number of nitrogens with one attached hydrogen (secondary N) is 1. The van der Waals surface area contributed by atoms with Crippen molar-refractivity contribution >= 4 is 21.8 Å². The SMILES string of the molecule is CCCCCNC(=O)C(C)N(Cc1ccccc1)C(=O)CN(Cc1ccccc1)S(C)(=O)=O. The van der Waals surface area contributed by atoms with Crippen molar-refractivity contribution in [1.29, 1.82) is 0 Å². The van der Waals surface area contributed by atoms with Gasteiger partial charge in [-0.1, -0.05) is 80.4 Å². The van der Waals surface area contributed by atoms with E-state index >= 15 is 0 Å². The molecule has 2 aromatic rings. The van der Waals surface area contributed by atoms with Crippen molar-refractivity contribution in [1.82, 2.24) is 14.5 Å². The van der Waals surface area contributed by atoms with Crippen LogP contribution in [-0.2, 0) is 32.7 Å². The summed E-state index contributed by atoms with van der Waals surface area (Å²) in [5.74, 6) is -0.666. The molecule has 8 heteroatoms. The van der Waals surface area contributed by atoms with Crippen LogP contribution in [0.2, 0.25) is 0 Å². The maximum Gasteiger partial charge on any atom is 0.242 e. The third-order valence-electron chi connectivity index (χ3n) is 5.42. The van der Waals surface area contributed by atoms with Crippen LogP contribution in [0.25, 0.3) is 0 Å². The second-order valence-electron chi connectivity index (χ2n) is 8.20. The van der Waals surface area contributed by atoms with E-state index in [1.165, 1.54) is 4.90 Å². The monoisotopic (exact) mass is 473 g/mol. The Bertz CT molecular complexity index is 981. The first-order valence-corrected chi connectivity index (χ1v) is 13.2. The summed E-state index contributed by atoms with van der Waals surface area (Å²) in [5.41, 5.74) is 1.65. The van der Waals surface area contributed by atoms with Gasteiger partial charge in [0.25, 0.3) is 0 Å². The fourth-order valence-electron chi connectivity index (χ4n) is 3.42. The van der Waals surface area contributed by atoms with E-state index < -0.39 is 22.0 Å². The van der Waals surface area contributed by atoms with Crippen molar-refractivity contribution in [3.05, 3.63) is 71.8 Å². The Morgan fingerprint density at radius 1 is 0.909 bits per heavy atom. The van der Waals surface area contributed by atoms with Crippen molar-refractivity contribution in [2.45, 2.75) is 52.2 Å². The minimum atomic E-state index is -3.65. The van der Waals surface area contributed by atoms with Crippen LogP contribution in [0.5, 0.6) is 0 Å². The van der Waals surface area contributed by atoms with Gasteiger partial charge in [-0.15, -0.1) is 0 Å². The number of hydrogen-bond acceptors (Lipinski definition) is 4. The lowest BCUT2D eigenvalue weighted by molar-refractivity contribution is -0.140. The number of rotatable bonds is 13. The highest BCUT2D eigenvalue weighted by Gasteiger charge is 2.29. The van der Waals surface area contributed by atoms with Gasteiger partial charge in [-0.3, -0.25) is 9.59 Å². The molecule has 0 aromatic heterocycles. The molecule has 0 fully saturated rings. The van der Waals surface area contributed by atoms with Gasteiger partial charge >= 0.3 is 0 Å². The molecule has 1 unspecified atom stereocenters. The van der Waals surface area contributed by atoms with Crippen LogP contribution < -0.4 is 5.32 Å². The second-order valence-corrected chi connectivity index (χ2v) is 10.2. The number of unbranched alkanes of at least 4 members (excludes halogenated alkanes) is 2. The summed E-state index contributed by atoms with van der Waals surface area (Å²) >= 11 is 0. The number of carbonyl (C=O) groups is 2. The number of nitrogens with zero attached hydrogens (tertiary/aromatic N) is 2. The van der Waals surface area contributed by atoms with Gasteiger partial charge in [-0.25, -0.2) is 8.42 Å². The summed E-state index contributed by atoms with van der Waals surface area (Å²) in [7, 11) is -3.65. The Morgan fingerprint density at radius 2 is 1.45 bits per heavy atom. The molecule has 2 amide bonds. The van der Waals surface area contributed by atoms with E-state index in [-0.39, 0.29) is 25.5 Å². The molecular weight excluding hydrogens is 438 g/mol. The van der Waals surface area contributed by atoms with Crippen molar-refractivity contribution in [2.75, 3.05) is 19.3 Å². The van der Waals surface area contributed by atoms with E-state index in [0.29, 0.717) is 6.54 Å². The molecule has 0 radical (unpaired) electrons. The van der Waals surface area contributed by atoms with Gasteiger partial charge in [-0.2, -0.15) is 4.31 Å². The predicted molar refractivity (Wildman–Crippen MR) is 131 cm³/mol. The molecule has 7 nitrogen and oxygen atoms in total. The van der Waals surface area contributed by atoms with Gasteiger partial charge in [0.15, 0.2) is 0 Å². The van der Waals surface area contributed by atoms with Crippen LogP contribution >= 0.6 is 0 Å². The van der Waals surface area contributed by atoms with E-state index in [2.05, 4.69) is 12.2 Å². The normalized spacial score (nSPS) is 12.4. The summed E-state index contributed by atoms with van der Waals surface area (Å²) in [6.45, 7) is 4.28. The van der Waals surface area contributed by atoms with Crippen molar-refractivity contribution in [3.63, 3.8) is 0 Å². The fraction of sp³-hybridized carbons (Fsp3) is 0.440. The van der Waals surface area contributed by atoms with Gasteiger partial charge in [0, 0.05) is 19.6 Å². The zero-order chi connectivity index (χ0) is 24.3. The van der Waals surface area contributed by atoms with Gasteiger partial charge < -0.3 is 10.2 Å². The average molecular weight is 474 g/mol. The Morgan fingerprint density at radius 3 is 1.97 bits per heavy atom. The Labute approximate surface area is 197 Å². The minimum absolute atomic E-state index is 0.0855. The molecular formula is C25H35N3O4S. The second kappa shape index (κ2) is 13.1. The molecule has 0 aliphatic rings. The van der Waals surface area contributed by atoms with E-state index in [0.717, 1.165) is 41.0 Å². The summed E-state index contributed by atoms with van der Waals surface area (Å²) in [6, 6.07) is 17.8. The summed E-state index contributed by atoms with van der Waals surface area (Å²) < 4.78 is 26.0. The highest BCUT2D eigenvalue weighted by Crippen LogP contribution is 2.13. The van der Waals surface area contributed by atoms with E-state index in [9.17, 15) is 18.0 Å². The topological polar surface area (TPSA) is 86.8 Å². The summed E-state index contributed by atoms with van der Waals surface area (Å²) in [5, 5.41) is 2.90. The first-order chi connectivity index (χ1) is 15.7. The maximum atomic E-state index is 13.4. The first kappa shape index (κ1) is 26.5. The molecule has 2 aromatic carbocycles. The van der Waals surface area contributed by atoms with Crippen LogP contribution in [-0.4, -0.2) is 54.8 Å². The number of hydrogen-bond donors (Lipinski definition) is 1. The van der Waals surface area contributed by atoms with Crippen molar-refractivity contribution < 1.29 is 18.0 Å². The Kier molecular flexibility index (Phi) is 10.5. The molecule has 0 saturated carbocycles. The number of benzene rings is 2. The largest absolute Gasteiger partial charge is 0.354 e. The zero-order valence-electron chi connectivity index (χ0n) is 19.7. The lowest BCUT2D eigenvalue weighted by Crippen LogP contribution is -2.51. The average Bonchev–Trinajstić information content (AvgIpc) is 2.80. The van der Waals surface area contributed by atoms with Gasteiger partial charge in [-0.05, 0) is 24.5 Å². The minimum Gasteiger partial charge on any atom is -0.354 e. The van der Waals surface area contributed by atoms with Crippen LogP contribution in [0.4, 0.5) is 0 Å². The Hall–Kier alpha value is -2.71. The van der Waals surface area contributed by atoms with Crippen LogP contribution in [0.1, 0.15) is 44.2 Å². The summed E-state index contributed by atoms with van der Waals surface area (Å²) in [6.07, 6.45) is 4.03. The molecule has 0 saturated heterocycles. The molecule has 180 valence electrons. The molecule has 2 rings (SSSR count). The standard InChI is InChI=1S/C25H35N3O4S/c1-4-5-12-17-26-25(30)21(2)28(19-23-15-10-7-11-16-23)24(29)20-27(33(3,31)32)18-22-13-8-6-9-14-22/h6-11,13-16,21H,4-5,12,17-20H2,1-3H3,(H,26,30). The molecule has 33 heavy (non-hydrogen) atoms. The third kappa shape index (κ3) is 8.98. The number of carbonyl (C=O) groups excluding carboxylic acids is 2. The molecule has 0 spiro atoms. The fourth-order valence-corrected chi connectivity index (χ4v) is 4.14. The zero-order valence-corrected chi connectivity index (χ0v) is 20.6. The van der Waals surface area contributed by atoms with Gasteiger partial charge in [0.1, 0.15) is 6.04 Å². The van der Waals surface area contributed by atoms with E-state index in [1.54, 1.807) is 6.92 Å². The van der Waals surface area contributed by atoms with E-state index in [4.69, 9.17) is 0 Å². The van der Waals surface area contributed by atoms with Crippen LogP contribution in [0.15, 0.2) is 60.7 Å². The van der Waals surface area contributed by atoms with Crippen LogP contribution in [0, 0.1) is 0 Å². The number of amides is 2. The predicted octanol–water partition coefficient (Wildman–Crippen LogP) is 3.17. The molecule has 0 heterocycles. The van der Waals surface area contributed by atoms with Gasteiger partial charge in [0.2, 0.25) is 21.8 Å². The quantitative estimate of drug-likeness (QED) is 0.453. The van der Waals surface area contributed by atoms with Gasteiger partial charge in [0.05, 0.1) is 12.8 Å². The van der Waals surface area contributed by atoms with Crippen molar-refractivity contribution in [2.24, 2.45) is 0 Å². The lowest BCUT2D eigenvalue weighted by atomic mass is 10.1. The summed E-state index contributed by atoms with van der Waals surface area (Å²) in [4.78, 5) is 27.6. The van der Waals surface area contributed by atoms with Crippen LogP contribution in [0.3, 0.4) is 0 Å². The highest BCUT2D eigenvalue weighted by molar-refractivity contribution is 7.88. The molecule has 0 aliphatic carbocycles. The highest BCUT2D eigenvalue weighted by atomic mass is 32.2. The Balaban J connectivity index is 2.20. The first-order valence-electron chi connectivity index (χ1n) is 11.3. The molecule has 0 bridgehead atoms. The van der Waals surface area contributed by atoms with E-state index in [1.807, 2.05) is 60.7 Å². The lowest BCUT2D eigenvalue weighted by Gasteiger charge is -2.31. The third-order valence-corrected chi connectivity index (χ3v) is 6.62. The smallest absolute Gasteiger partial charge is 0.242 e.